The Kier molecular flexibility index (Phi) is 3.97. The van der Waals surface area contributed by atoms with Gasteiger partial charge in [0.2, 0.25) is 12.6 Å². The van der Waals surface area contributed by atoms with Crippen molar-refractivity contribution in [3.05, 3.63) is 50.5 Å². The SMILES string of the molecule is O=C(OCc1noc(-c2ccsc2)n1)c1cc2c(cc1[N+](=O)[O-])OCO2. The monoisotopic (exact) mass is 375 g/mol. The Morgan fingerprint density at radius 1 is 1.35 bits per heavy atom. The van der Waals surface area contributed by atoms with Crippen molar-refractivity contribution in [1.29, 1.82) is 0 Å². The normalized spacial score (nSPS) is 12.2. The third-order valence-electron chi connectivity index (χ3n) is 3.48. The number of thiophene rings is 1. The second-order valence-corrected chi connectivity index (χ2v) is 5.86. The fraction of sp³-hybridized carbons (Fsp3) is 0.133. The molecule has 2 aromatic heterocycles. The molecular weight excluding hydrogens is 366 g/mol. The molecule has 0 atom stereocenters. The van der Waals surface area contributed by atoms with Gasteiger partial charge in [0, 0.05) is 11.4 Å². The second kappa shape index (κ2) is 6.44. The van der Waals surface area contributed by atoms with E-state index in [0.29, 0.717) is 5.89 Å². The Hall–Kier alpha value is -3.47. The lowest BCUT2D eigenvalue weighted by Gasteiger charge is -2.04. The zero-order valence-corrected chi connectivity index (χ0v) is 13.7. The van der Waals surface area contributed by atoms with Gasteiger partial charge in [0.25, 0.3) is 11.6 Å². The number of aromatic nitrogens is 2. The van der Waals surface area contributed by atoms with E-state index in [1.807, 2.05) is 16.8 Å². The average molecular weight is 375 g/mol. The van der Waals surface area contributed by atoms with E-state index in [0.717, 1.165) is 11.6 Å². The highest BCUT2D eigenvalue weighted by Crippen LogP contribution is 2.38. The summed E-state index contributed by atoms with van der Waals surface area (Å²) in [5.41, 5.74) is 0.0682. The number of carbonyl (C=O) groups is 1. The van der Waals surface area contributed by atoms with Gasteiger partial charge in [-0.1, -0.05) is 5.16 Å². The Morgan fingerprint density at radius 3 is 2.88 bits per heavy atom. The summed E-state index contributed by atoms with van der Waals surface area (Å²) in [5, 5.41) is 18.6. The zero-order chi connectivity index (χ0) is 18.1. The predicted octanol–water partition coefficient (Wildman–Crippen LogP) is 2.79. The van der Waals surface area contributed by atoms with Crippen molar-refractivity contribution in [3.63, 3.8) is 0 Å². The van der Waals surface area contributed by atoms with Crippen LogP contribution in [0.5, 0.6) is 11.5 Å². The van der Waals surface area contributed by atoms with Crippen LogP contribution in [0, 0.1) is 10.1 Å². The molecule has 132 valence electrons. The number of esters is 1. The van der Waals surface area contributed by atoms with Crippen LogP contribution in [0.25, 0.3) is 11.5 Å². The van der Waals surface area contributed by atoms with E-state index in [1.165, 1.54) is 17.4 Å². The van der Waals surface area contributed by atoms with Gasteiger partial charge in [-0.3, -0.25) is 10.1 Å². The van der Waals surface area contributed by atoms with E-state index in [9.17, 15) is 14.9 Å². The summed E-state index contributed by atoms with van der Waals surface area (Å²) in [6.45, 7) is -0.364. The Bertz CT molecular complexity index is 983. The molecule has 1 aliphatic rings. The zero-order valence-electron chi connectivity index (χ0n) is 12.9. The van der Waals surface area contributed by atoms with Crippen LogP contribution in [0.1, 0.15) is 16.2 Å². The largest absolute Gasteiger partial charge is 0.454 e. The molecule has 26 heavy (non-hydrogen) atoms. The first-order valence-electron chi connectivity index (χ1n) is 7.22. The van der Waals surface area contributed by atoms with E-state index in [1.54, 1.807) is 0 Å². The molecule has 0 fully saturated rings. The highest BCUT2D eigenvalue weighted by molar-refractivity contribution is 7.08. The van der Waals surface area contributed by atoms with E-state index in [-0.39, 0.29) is 36.3 Å². The Labute approximate surface area is 149 Å². The molecule has 0 unspecified atom stereocenters. The lowest BCUT2D eigenvalue weighted by molar-refractivity contribution is -0.385. The molecule has 11 heteroatoms. The minimum absolute atomic E-state index is 0.0702. The molecule has 0 bridgehead atoms. The van der Waals surface area contributed by atoms with Crippen molar-refractivity contribution in [2.24, 2.45) is 0 Å². The van der Waals surface area contributed by atoms with E-state index in [2.05, 4.69) is 10.1 Å². The summed E-state index contributed by atoms with van der Waals surface area (Å²) in [5.74, 6) is -0.0279. The maximum atomic E-state index is 12.3. The lowest BCUT2D eigenvalue weighted by atomic mass is 10.1. The third kappa shape index (κ3) is 2.95. The molecule has 0 aliphatic carbocycles. The number of rotatable bonds is 5. The number of nitro groups is 1. The molecular formula is C15H9N3O7S. The number of nitro benzene ring substituents is 1. The summed E-state index contributed by atoms with van der Waals surface area (Å²) in [7, 11) is 0. The Morgan fingerprint density at radius 2 is 2.15 bits per heavy atom. The fourth-order valence-corrected chi connectivity index (χ4v) is 2.90. The summed E-state index contributed by atoms with van der Waals surface area (Å²) >= 11 is 1.47. The number of carbonyl (C=O) groups excluding carboxylic acids is 1. The predicted molar refractivity (Wildman–Crippen MR) is 85.9 cm³/mol. The fourth-order valence-electron chi connectivity index (χ4n) is 2.27. The van der Waals surface area contributed by atoms with Crippen LogP contribution in [-0.2, 0) is 11.3 Å². The quantitative estimate of drug-likeness (QED) is 0.376. The first-order chi connectivity index (χ1) is 12.6. The lowest BCUT2D eigenvalue weighted by Crippen LogP contribution is -2.09. The molecule has 10 nitrogen and oxygen atoms in total. The molecule has 0 radical (unpaired) electrons. The van der Waals surface area contributed by atoms with Gasteiger partial charge in [-0.2, -0.15) is 16.3 Å². The minimum Gasteiger partial charge on any atom is -0.454 e. The van der Waals surface area contributed by atoms with Crippen molar-refractivity contribution < 1.29 is 28.5 Å². The van der Waals surface area contributed by atoms with Crippen LogP contribution < -0.4 is 9.47 Å². The molecule has 0 saturated carbocycles. The first-order valence-corrected chi connectivity index (χ1v) is 8.16. The van der Waals surface area contributed by atoms with Crippen LogP contribution in [0.3, 0.4) is 0 Å². The average Bonchev–Trinajstić information content (AvgIpc) is 3.38. The highest BCUT2D eigenvalue weighted by Gasteiger charge is 2.28. The standard InChI is InChI=1S/C15H9N3O7S/c19-15(9-3-11-12(24-7-23-11)4-10(9)18(20)21)22-5-13-16-14(25-17-13)8-1-2-26-6-8/h1-4,6H,5,7H2. The summed E-state index contributed by atoms with van der Waals surface area (Å²) in [6, 6.07) is 4.15. The number of hydrogen-bond acceptors (Lipinski definition) is 10. The van der Waals surface area contributed by atoms with Gasteiger partial charge in [0.1, 0.15) is 5.56 Å². The molecule has 0 N–H and O–H groups in total. The summed E-state index contributed by atoms with van der Waals surface area (Å²) in [6.07, 6.45) is 0. The van der Waals surface area contributed by atoms with Crippen LogP contribution in [0.4, 0.5) is 5.69 Å². The summed E-state index contributed by atoms with van der Waals surface area (Å²) < 4.78 is 20.4. The van der Waals surface area contributed by atoms with Gasteiger partial charge in [-0.05, 0) is 11.4 Å². The van der Waals surface area contributed by atoms with E-state index in [4.69, 9.17) is 18.7 Å². The van der Waals surface area contributed by atoms with Crippen LogP contribution >= 0.6 is 11.3 Å². The molecule has 0 amide bonds. The Balaban J connectivity index is 1.51. The first kappa shape index (κ1) is 16.0. The van der Waals surface area contributed by atoms with Gasteiger partial charge in [-0.15, -0.1) is 0 Å². The van der Waals surface area contributed by atoms with Gasteiger partial charge in [0.15, 0.2) is 18.1 Å². The van der Waals surface area contributed by atoms with Crippen molar-refractivity contribution >= 4 is 23.0 Å². The topological polar surface area (TPSA) is 127 Å². The van der Waals surface area contributed by atoms with Crippen molar-refractivity contribution in [2.75, 3.05) is 6.79 Å². The van der Waals surface area contributed by atoms with Gasteiger partial charge < -0.3 is 18.7 Å². The molecule has 0 spiro atoms. The smallest absolute Gasteiger partial charge is 0.345 e. The van der Waals surface area contributed by atoms with E-state index >= 15 is 0 Å². The minimum atomic E-state index is -0.906. The number of nitrogens with zero attached hydrogens (tertiary/aromatic N) is 3. The number of hydrogen-bond donors (Lipinski definition) is 0. The third-order valence-corrected chi connectivity index (χ3v) is 4.16. The van der Waals surface area contributed by atoms with Gasteiger partial charge in [0.05, 0.1) is 16.6 Å². The molecule has 0 saturated heterocycles. The van der Waals surface area contributed by atoms with Gasteiger partial charge in [-0.25, -0.2) is 4.79 Å². The molecule has 1 aliphatic heterocycles. The maximum Gasteiger partial charge on any atom is 0.345 e. The van der Waals surface area contributed by atoms with Crippen molar-refractivity contribution in [2.45, 2.75) is 6.61 Å². The summed E-state index contributed by atoms with van der Waals surface area (Å²) in [4.78, 5) is 26.9. The number of fused-ring (bicyclic) bond motifs is 1. The maximum absolute atomic E-state index is 12.3. The van der Waals surface area contributed by atoms with Crippen LogP contribution in [0.2, 0.25) is 0 Å². The van der Waals surface area contributed by atoms with E-state index < -0.39 is 16.6 Å². The molecule has 4 rings (SSSR count). The van der Waals surface area contributed by atoms with Crippen LogP contribution in [0.15, 0.2) is 33.5 Å². The molecule has 3 heterocycles. The van der Waals surface area contributed by atoms with Crippen molar-refractivity contribution in [3.8, 4) is 23.0 Å². The molecule has 1 aromatic carbocycles. The van der Waals surface area contributed by atoms with Crippen LogP contribution in [-0.4, -0.2) is 27.8 Å². The second-order valence-electron chi connectivity index (χ2n) is 5.08. The number of ether oxygens (including phenoxy) is 3. The molecule has 3 aromatic rings. The van der Waals surface area contributed by atoms with Gasteiger partial charge >= 0.3 is 5.97 Å². The highest BCUT2D eigenvalue weighted by atomic mass is 32.1. The van der Waals surface area contributed by atoms with Crippen molar-refractivity contribution in [1.82, 2.24) is 10.1 Å². The number of benzene rings is 1.